The lowest BCUT2D eigenvalue weighted by atomic mass is 10.1. The molecule has 86 valence electrons. The molecule has 0 radical (unpaired) electrons. The molecule has 16 heavy (non-hydrogen) atoms. The first-order valence-electron chi connectivity index (χ1n) is 5.23. The molecule has 1 aromatic heterocycles. The lowest BCUT2D eigenvalue weighted by Crippen LogP contribution is -1.85. The zero-order valence-corrected chi connectivity index (χ0v) is 9.91. The smallest absolute Gasteiger partial charge is 0.250 e. The van der Waals surface area contributed by atoms with Crippen LogP contribution in [0.4, 0.5) is 4.39 Å². The minimum atomic E-state index is -0.339. The van der Waals surface area contributed by atoms with Gasteiger partial charge >= 0.3 is 0 Å². The third-order valence-corrected chi connectivity index (χ3v) is 1.88. The number of hydrogen-bond donors (Lipinski definition) is 0. The van der Waals surface area contributed by atoms with Crippen LogP contribution in [0, 0.1) is 19.7 Å². The van der Waals surface area contributed by atoms with E-state index in [4.69, 9.17) is 4.42 Å². The van der Waals surface area contributed by atoms with Gasteiger partial charge in [-0.25, -0.2) is 4.39 Å². The van der Waals surface area contributed by atoms with Crippen molar-refractivity contribution in [1.29, 1.82) is 0 Å². The van der Waals surface area contributed by atoms with Crippen LogP contribution in [0.1, 0.15) is 25.3 Å². The first-order valence-corrected chi connectivity index (χ1v) is 5.23. The zero-order valence-electron chi connectivity index (χ0n) is 9.91. The summed E-state index contributed by atoms with van der Waals surface area (Å²) in [7, 11) is 0. The van der Waals surface area contributed by atoms with E-state index in [1.165, 1.54) is 6.07 Å². The number of aromatic nitrogens is 2. The van der Waals surface area contributed by atoms with Crippen LogP contribution in [0.15, 0.2) is 22.6 Å². The molecular weight excluding hydrogens is 207 g/mol. The molecule has 0 bridgehead atoms. The van der Waals surface area contributed by atoms with Gasteiger partial charge in [-0.1, -0.05) is 19.9 Å². The van der Waals surface area contributed by atoms with Crippen LogP contribution in [-0.4, -0.2) is 10.2 Å². The lowest BCUT2D eigenvalue weighted by molar-refractivity contribution is 0.526. The molecule has 0 unspecified atom stereocenters. The summed E-state index contributed by atoms with van der Waals surface area (Å²) in [6.07, 6.45) is 0. The topological polar surface area (TPSA) is 38.9 Å². The summed E-state index contributed by atoms with van der Waals surface area (Å²) in [4.78, 5) is 0. The second kappa shape index (κ2) is 5.39. The molecule has 2 aromatic rings. The third kappa shape index (κ3) is 2.66. The monoisotopic (exact) mass is 222 g/mol. The van der Waals surface area contributed by atoms with Crippen molar-refractivity contribution in [3.05, 3.63) is 35.5 Å². The quantitative estimate of drug-likeness (QED) is 0.741. The number of nitrogens with zero attached hydrogens (tertiary/aromatic N) is 2. The van der Waals surface area contributed by atoms with Gasteiger partial charge in [-0.3, -0.25) is 0 Å². The van der Waals surface area contributed by atoms with Gasteiger partial charge in [0.15, 0.2) is 0 Å². The Morgan fingerprint density at radius 1 is 1.12 bits per heavy atom. The van der Waals surface area contributed by atoms with Crippen molar-refractivity contribution in [2.45, 2.75) is 27.7 Å². The molecule has 0 aliphatic rings. The van der Waals surface area contributed by atoms with Gasteiger partial charge in [-0.15, -0.1) is 10.2 Å². The SMILES string of the molecule is CC.Cc1ccc(-c2nnc(C)o2)c(F)c1. The molecular formula is C12H15FN2O. The molecule has 0 atom stereocenters. The largest absolute Gasteiger partial charge is 0.421 e. The normalized spacial score (nSPS) is 9.56. The van der Waals surface area contributed by atoms with Crippen molar-refractivity contribution in [2.75, 3.05) is 0 Å². The number of benzene rings is 1. The van der Waals surface area contributed by atoms with E-state index >= 15 is 0 Å². The number of hydrogen-bond acceptors (Lipinski definition) is 3. The number of halogens is 1. The van der Waals surface area contributed by atoms with Gasteiger partial charge in [0, 0.05) is 6.92 Å². The fourth-order valence-corrected chi connectivity index (χ4v) is 1.20. The molecule has 1 heterocycles. The van der Waals surface area contributed by atoms with E-state index in [0.717, 1.165) is 5.56 Å². The predicted molar refractivity (Wildman–Crippen MR) is 60.5 cm³/mol. The summed E-state index contributed by atoms with van der Waals surface area (Å²) in [6.45, 7) is 7.49. The van der Waals surface area contributed by atoms with Gasteiger partial charge in [-0.2, -0.15) is 0 Å². The van der Waals surface area contributed by atoms with Gasteiger partial charge < -0.3 is 4.42 Å². The molecule has 0 aliphatic carbocycles. The molecule has 2 rings (SSSR count). The van der Waals surface area contributed by atoms with Crippen molar-refractivity contribution in [1.82, 2.24) is 10.2 Å². The lowest BCUT2D eigenvalue weighted by Gasteiger charge is -1.98. The van der Waals surface area contributed by atoms with Crippen molar-refractivity contribution >= 4 is 0 Å². The highest BCUT2D eigenvalue weighted by molar-refractivity contribution is 5.54. The van der Waals surface area contributed by atoms with E-state index in [-0.39, 0.29) is 11.7 Å². The van der Waals surface area contributed by atoms with Gasteiger partial charge in [0.25, 0.3) is 5.89 Å². The van der Waals surface area contributed by atoms with Gasteiger partial charge in [0.1, 0.15) is 5.82 Å². The van der Waals surface area contributed by atoms with Crippen LogP contribution in [0.25, 0.3) is 11.5 Å². The summed E-state index contributed by atoms with van der Waals surface area (Å²) in [6, 6.07) is 4.88. The maximum atomic E-state index is 13.4. The van der Waals surface area contributed by atoms with Crippen molar-refractivity contribution in [2.24, 2.45) is 0 Å². The molecule has 0 saturated carbocycles. The Bertz CT molecular complexity index is 466. The maximum absolute atomic E-state index is 13.4. The highest BCUT2D eigenvalue weighted by Crippen LogP contribution is 2.21. The van der Waals surface area contributed by atoms with Crippen LogP contribution in [-0.2, 0) is 0 Å². The zero-order chi connectivity index (χ0) is 12.1. The van der Waals surface area contributed by atoms with Crippen molar-refractivity contribution < 1.29 is 8.81 Å². The molecule has 0 fully saturated rings. The van der Waals surface area contributed by atoms with E-state index in [2.05, 4.69) is 10.2 Å². The summed E-state index contributed by atoms with van der Waals surface area (Å²) in [5.74, 6) is 0.314. The Kier molecular flexibility index (Phi) is 4.17. The Hall–Kier alpha value is -1.71. The summed E-state index contributed by atoms with van der Waals surface area (Å²) < 4.78 is 18.5. The van der Waals surface area contributed by atoms with Crippen LogP contribution in [0.3, 0.4) is 0 Å². The summed E-state index contributed by atoms with van der Waals surface area (Å²) >= 11 is 0. The summed E-state index contributed by atoms with van der Waals surface area (Å²) in [5.41, 5.74) is 1.21. The number of rotatable bonds is 1. The van der Waals surface area contributed by atoms with E-state index in [0.29, 0.717) is 11.5 Å². The fourth-order valence-electron chi connectivity index (χ4n) is 1.20. The van der Waals surface area contributed by atoms with E-state index in [1.807, 2.05) is 20.8 Å². The Balaban J connectivity index is 0.000000606. The van der Waals surface area contributed by atoms with Crippen molar-refractivity contribution in [3.8, 4) is 11.5 Å². The van der Waals surface area contributed by atoms with E-state index in [9.17, 15) is 4.39 Å². The van der Waals surface area contributed by atoms with Crippen LogP contribution in [0.5, 0.6) is 0 Å². The molecule has 0 aliphatic heterocycles. The first-order chi connectivity index (χ1) is 7.66. The number of aryl methyl sites for hydroxylation is 2. The second-order valence-corrected chi connectivity index (χ2v) is 3.11. The Morgan fingerprint density at radius 3 is 2.31 bits per heavy atom. The molecule has 0 amide bonds. The molecule has 0 N–H and O–H groups in total. The van der Waals surface area contributed by atoms with E-state index < -0.39 is 0 Å². The van der Waals surface area contributed by atoms with Gasteiger partial charge in [0.05, 0.1) is 5.56 Å². The highest BCUT2D eigenvalue weighted by atomic mass is 19.1. The average molecular weight is 222 g/mol. The molecule has 4 heteroatoms. The molecule has 0 saturated heterocycles. The predicted octanol–water partition coefficient (Wildman–Crippen LogP) is 3.52. The van der Waals surface area contributed by atoms with Gasteiger partial charge in [-0.05, 0) is 24.6 Å². The summed E-state index contributed by atoms with van der Waals surface area (Å²) in [5, 5.41) is 7.39. The fraction of sp³-hybridized carbons (Fsp3) is 0.333. The minimum Gasteiger partial charge on any atom is -0.421 e. The van der Waals surface area contributed by atoms with Crippen LogP contribution >= 0.6 is 0 Å². The highest BCUT2D eigenvalue weighted by Gasteiger charge is 2.10. The Morgan fingerprint density at radius 2 is 1.81 bits per heavy atom. The van der Waals surface area contributed by atoms with Gasteiger partial charge in [0.2, 0.25) is 5.89 Å². The van der Waals surface area contributed by atoms with Crippen molar-refractivity contribution in [3.63, 3.8) is 0 Å². The molecule has 1 aromatic carbocycles. The minimum absolute atomic E-state index is 0.222. The Labute approximate surface area is 94.3 Å². The van der Waals surface area contributed by atoms with Crippen LogP contribution < -0.4 is 0 Å². The molecule has 3 nitrogen and oxygen atoms in total. The maximum Gasteiger partial charge on any atom is 0.250 e. The standard InChI is InChI=1S/C10H9FN2O.C2H6/c1-6-3-4-8(9(11)5-6)10-13-12-7(2)14-10;1-2/h3-5H,1-2H3;1-2H3. The van der Waals surface area contributed by atoms with E-state index in [1.54, 1.807) is 19.1 Å². The third-order valence-electron chi connectivity index (χ3n) is 1.88. The second-order valence-electron chi connectivity index (χ2n) is 3.11. The first kappa shape index (κ1) is 12.4. The van der Waals surface area contributed by atoms with Crippen LogP contribution in [0.2, 0.25) is 0 Å². The molecule has 0 spiro atoms. The average Bonchev–Trinajstić information content (AvgIpc) is 2.68.